The Bertz CT molecular complexity index is 537. The van der Waals surface area contributed by atoms with Gasteiger partial charge in [-0.3, -0.25) is 9.59 Å². The van der Waals surface area contributed by atoms with Crippen LogP contribution >= 0.6 is 0 Å². The summed E-state index contributed by atoms with van der Waals surface area (Å²) in [5.74, 6) is 0.121. The van der Waals surface area contributed by atoms with Crippen LogP contribution < -0.4 is 10.2 Å². The Morgan fingerprint density at radius 2 is 2.30 bits per heavy atom. The Labute approximate surface area is 119 Å². The van der Waals surface area contributed by atoms with Crippen molar-refractivity contribution in [2.75, 3.05) is 16.8 Å². The molecule has 1 aliphatic rings. The molecule has 0 aromatic heterocycles. The molecule has 1 saturated heterocycles. The van der Waals surface area contributed by atoms with Crippen molar-refractivity contribution in [3.63, 3.8) is 0 Å². The van der Waals surface area contributed by atoms with Crippen molar-refractivity contribution < 1.29 is 9.59 Å². The fraction of sp³-hybridized carbons (Fsp3) is 0.375. The normalized spacial score (nSPS) is 14.4. The molecule has 2 rings (SSSR count). The molecule has 1 aromatic carbocycles. The molecule has 0 bridgehead atoms. The van der Waals surface area contributed by atoms with Gasteiger partial charge in [-0.15, -0.1) is 6.58 Å². The molecule has 0 radical (unpaired) electrons. The highest BCUT2D eigenvalue weighted by atomic mass is 16.2. The van der Waals surface area contributed by atoms with Crippen molar-refractivity contribution >= 4 is 23.2 Å². The molecule has 0 aliphatic carbocycles. The third kappa shape index (κ3) is 3.26. The van der Waals surface area contributed by atoms with Crippen molar-refractivity contribution in [3.8, 4) is 0 Å². The van der Waals surface area contributed by atoms with E-state index >= 15 is 0 Å². The summed E-state index contributed by atoms with van der Waals surface area (Å²) in [6.45, 7) is 6.34. The molecule has 0 unspecified atom stereocenters. The molecule has 0 saturated carbocycles. The lowest BCUT2D eigenvalue weighted by molar-refractivity contribution is -0.117. The van der Waals surface area contributed by atoms with Crippen LogP contribution in [-0.2, 0) is 9.59 Å². The highest BCUT2D eigenvalue weighted by molar-refractivity contribution is 5.97. The minimum Gasteiger partial charge on any atom is -0.326 e. The number of benzene rings is 1. The van der Waals surface area contributed by atoms with Crippen LogP contribution in [0.25, 0.3) is 0 Å². The van der Waals surface area contributed by atoms with Gasteiger partial charge in [0.15, 0.2) is 0 Å². The molecule has 1 fully saturated rings. The second-order valence-corrected chi connectivity index (χ2v) is 5.03. The summed E-state index contributed by atoms with van der Waals surface area (Å²) >= 11 is 0. The smallest absolute Gasteiger partial charge is 0.227 e. The molecule has 2 amide bonds. The number of allylic oxidation sites excluding steroid dienone is 1. The first-order chi connectivity index (χ1) is 9.61. The molecule has 1 N–H and O–H groups in total. The maximum Gasteiger partial charge on any atom is 0.227 e. The SMILES string of the molecule is C=CCCC(=O)Nc1ccc(C)c(N2CCCC2=O)c1. The number of amides is 2. The average molecular weight is 272 g/mol. The Kier molecular flexibility index (Phi) is 4.56. The van der Waals surface area contributed by atoms with Gasteiger partial charge in [0.25, 0.3) is 0 Å². The highest BCUT2D eigenvalue weighted by Gasteiger charge is 2.23. The van der Waals surface area contributed by atoms with Crippen LogP contribution in [0.5, 0.6) is 0 Å². The van der Waals surface area contributed by atoms with Gasteiger partial charge in [-0.05, 0) is 37.5 Å². The Morgan fingerprint density at radius 3 is 2.95 bits per heavy atom. The lowest BCUT2D eigenvalue weighted by atomic mass is 10.1. The zero-order valence-corrected chi connectivity index (χ0v) is 11.8. The minimum absolute atomic E-state index is 0.0348. The monoisotopic (exact) mass is 272 g/mol. The van der Waals surface area contributed by atoms with E-state index in [-0.39, 0.29) is 11.8 Å². The maximum atomic E-state index is 11.8. The van der Waals surface area contributed by atoms with Gasteiger partial charge in [0.1, 0.15) is 0 Å². The maximum absolute atomic E-state index is 11.8. The van der Waals surface area contributed by atoms with E-state index in [2.05, 4.69) is 11.9 Å². The molecular formula is C16H20N2O2. The standard InChI is InChI=1S/C16H20N2O2/c1-3-4-6-15(19)17-13-9-8-12(2)14(11-13)18-10-5-7-16(18)20/h3,8-9,11H,1,4-7,10H2,2H3,(H,17,19). The van der Waals surface area contributed by atoms with Crippen molar-refractivity contribution in [3.05, 3.63) is 36.4 Å². The van der Waals surface area contributed by atoms with E-state index in [9.17, 15) is 9.59 Å². The van der Waals surface area contributed by atoms with Gasteiger partial charge in [-0.1, -0.05) is 12.1 Å². The number of anilines is 2. The highest BCUT2D eigenvalue weighted by Crippen LogP contribution is 2.28. The summed E-state index contributed by atoms with van der Waals surface area (Å²) in [5.41, 5.74) is 2.68. The summed E-state index contributed by atoms with van der Waals surface area (Å²) in [7, 11) is 0. The molecule has 1 aliphatic heterocycles. The number of hydrogen-bond acceptors (Lipinski definition) is 2. The number of aryl methyl sites for hydroxylation is 1. The van der Waals surface area contributed by atoms with Gasteiger partial charge in [-0.25, -0.2) is 0 Å². The van der Waals surface area contributed by atoms with Crippen LogP contribution in [0.1, 0.15) is 31.2 Å². The van der Waals surface area contributed by atoms with Crippen LogP contribution in [0.15, 0.2) is 30.9 Å². The van der Waals surface area contributed by atoms with Crippen molar-refractivity contribution in [1.29, 1.82) is 0 Å². The fourth-order valence-corrected chi connectivity index (χ4v) is 2.34. The van der Waals surface area contributed by atoms with Crippen molar-refractivity contribution in [1.82, 2.24) is 0 Å². The predicted molar refractivity (Wildman–Crippen MR) is 80.8 cm³/mol. The summed E-state index contributed by atoms with van der Waals surface area (Å²) in [6, 6.07) is 5.68. The number of nitrogens with zero attached hydrogens (tertiary/aromatic N) is 1. The minimum atomic E-state index is -0.0348. The molecule has 1 heterocycles. The van der Waals surface area contributed by atoms with E-state index < -0.39 is 0 Å². The molecule has 4 nitrogen and oxygen atoms in total. The first kappa shape index (κ1) is 14.3. The van der Waals surface area contributed by atoms with Crippen LogP contribution in [0.3, 0.4) is 0 Å². The summed E-state index contributed by atoms with van der Waals surface area (Å²) in [4.78, 5) is 25.3. The number of carbonyl (C=O) groups is 2. The number of hydrogen-bond donors (Lipinski definition) is 1. The topological polar surface area (TPSA) is 49.4 Å². The molecule has 0 atom stereocenters. The fourth-order valence-electron chi connectivity index (χ4n) is 2.34. The van der Waals surface area contributed by atoms with Gasteiger partial charge in [0.05, 0.1) is 0 Å². The Morgan fingerprint density at radius 1 is 1.50 bits per heavy atom. The van der Waals surface area contributed by atoms with Gasteiger partial charge < -0.3 is 10.2 Å². The molecular weight excluding hydrogens is 252 g/mol. The summed E-state index contributed by atoms with van der Waals surface area (Å²) < 4.78 is 0. The quantitative estimate of drug-likeness (QED) is 0.838. The first-order valence-corrected chi connectivity index (χ1v) is 6.93. The van der Waals surface area contributed by atoms with Crippen LogP contribution in [0, 0.1) is 6.92 Å². The van der Waals surface area contributed by atoms with E-state index in [1.54, 1.807) is 11.0 Å². The third-order valence-electron chi connectivity index (χ3n) is 3.43. The largest absolute Gasteiger partial charge is 0.326 e. The Balaban J connectivity index is 2.14. The molecule has 0 spiro atoms. The van der Waals surface area contributed by atoms with Gasteiger partial charge in [-0.2, -0.15) is 0 Å². The lowest BCUT2D eigenvalue weighted by Gasteiger charge is -2.19. The summed E-state index contributed by atoms with van der Waals surface area (Å²) in [5, 5.41) is 2.86. The predicted octanol–water partition coefficient (Wildman–Crippen LogP) is 3.03. The van der Waals surface area contributed by atoms with E-state index in [4.69, 9.17) is 0 Å². The van der Waals surface area contributed by atoms with Crippen molar-refractivity contribution in [2.24, 2.45) is 0 Å². The zero-order valence-electron chi connectivity index (χ0n) is 11.8. The average Bonchev–Trinajstić information content (AvgIpc) is 2.85. The van der Waals surface area contributed by atoms with Crippen LogP contribution in [-0.4, -0.2) is 18.4 Å². The van der Waals surface area contributed by atoms with Crippen molar-refractivity contribution in [2.45, 2.75) is 32.6 Å². The van der Waals surface area contributed by atoms with E-state index in [0.717, 1.165) is 29.9 Å². The lowest BCUT2D eigenvalue weighted by Crippen LogP contribution is -2.24. The second-order valence-electron chi connectivity index (χ2n) is 5.03. The first-order valence-electron chi connectivity index (χ1n) is 6.93. The van der Waals surface area contributed by atoms with E-state index in [1.165, 1.54) is 0 Å². The molecule has 1 aromatic rings. The van der Waals surface area contributed by atoms with E-state index in [1.807, 2.05) is 25.1 Å². The zero-order chi connectivity index (χ0) is 14.5. The Hall–Kier alpha value is -2.10. The van der Waals surface area contributed by atoms with Crippen LogP contribution in [0.4, 0.5) is 11.4 Å². The van der Waals surface area contributed by atoms with Gasteiger partial charge in [0, 0.05) is 30.8 Å². The van der Waals surface area contributed by atoms with Crippen LogP contribution in [0.2, 0.25) is 0 Å². The number of rotatable bonds is 5. The molecule has 20 heavy (non-hydrogen) atoms. The van der Waals surface area contributed by atoms with E-state index in [0.29, 0.717) is 19.3 Å². The van der Waals surface area contributed by atoms with Gasteiger partial charge in [0.2, 0.25) is 11.8 Å². The molecule has 106 valence electrons. The number of nitrogens with one attached hydrogen (secondary N) is 1. The second kappa shape index (κ2) is 6.37. The third-order valence-corrected chi connectivity index (χ3v) is 3.43. The summed E-state index contributed by atoms with van der Waals surface area (Å²) in [6.07, 6.45) is 4.32. The molecule has 4 heteroatoms. The van der Waals surface area contributed by atoms with Gasteiger partial charge >= 0.3 is 0 Å². The number of carbonyl (C=O) groups excluding carboxylic acids is 2.